The number of hydrogen-bond donors (Lipinski definition) is 2. The summed E-state index contributed by atoms with van der Waals surface area (Å²) in [7, 11) is 1.81. The van der Waals surface area contributed by atoms with Crippen LogP contribution < -0.4 is 5.32 Å². The number of carbonyl (C=O) groups is 1. The van der Waals surface area contributed by atoms with Crippen molar-refractivity contribution in [1.82, 2.24) is 29.5 Å². The monoisotopic (exact) mass is 345 g/mol. The fraction of sp³-hybridized carbons (Fsp3) is 0.0556. The van der Waals surface area contributed by atoms with E-state index in [2.05, 4.69) is 36.8 Å². The van der Waals surface area contributed by atoms with E-state index in [1.165, 1.54) is 12.4 Å². The number of hydrogen-bond acceptors (Lipinski definition) is 5. The van der Waals surface area contributed by atoms with Crippen LogP contribution in [0.4, 0.5) is 5.95 Å². The second-order valence-corrected chi connectivity index (χ2v) is 5.67. The highest BCUT2D eigenvalue weighted by molar-refractivity contribution is 5.98. The molecule has 0 spiro atoms. The van der Waals surface area contributed by atoms with Crippen molar-refractivity contribution in [2.45, 2.75) is 0 Å². The first-order valence-corrected chi connectivity index (χ1v) is 7.86. The van der Waals surface area contributed by atoms with Crippen molar-refractivity contribution in [2.24, 2.45) is 7.05 Å². The first kappa shape index (κ1) is 15.7. The number of H-pyrrole nitrogens is 1. The molecule has 4 rings (SSSR count). The number of nitrogens with one attached hydrogen (secondary N) is 2. The van der Waals surface area contributed by atoms with Gasteiger partial charge in [0.2, 0.25) is 11.9 Å². The van der Waals surface area contributed by atoms with Gasteiger partial charge in [0, 0.05) is 48.3 Å². The van der Waals surface area contributed by atoms with Crippen molar-refractivity contribution >= 4 is 22.9 Å². The smallest absolute Gasteiger partial charge is 0.250 e. The topological polar surface area (TPSA) is 101 Å². The summed E-state index contributed by atoms with van der Waals surface area (Å²) >= 11 is 0. The van der Waals surface area contributed by atoms with Gasteiger partial charge >= 0.3 is 0 Å². The van der Waals surface area contributed by atoms with E-state index in [0.717, 1.165) is 27.9 Å². The highest BCUT2D eigenvalue weighted by atomic mass is 16.1. The number of amides is 1. The van der Waals surface area contributed by atoms with Gasteiger partial charge in [0.1, 0.15) is 12.0 Å². The molecule has 0 aliphatic rings. The average molecular weight is 345 g/mol. The summed E-state index contributed by atoms with van der Waals surface area (Å²) < 4.78 is 1.74. The van der Waals surface area contributed by atoms with Gasteiger partial charge in [0.05, 0.1) is 11.4 Å². The minimum absolute atomic E-state index is 0.310. The number of anilines is 1. The van der Waals surface area contributed by atoms with Crippen LogP contribution in [0.25, 0.3) is 33.5 Å². The molecule has 4 aromatic rings. The Labute approximate surface area is 148 Å². The van der Waals surface area contributed by atoms with Gasteiger partial charge in [0.15, 0.2) is 0 Å². The first-order valence-electron chi connectivity index (χ1n) is 7.86. The second-order valence-electron chi connectivity index (χ2n) is 5.67. The van der Waals surface area contributed by atoms with E-state index in [1.807, 2.05) is 31.6 Å². The number of rotatable bonds is 4. The van der Waals surface area contributed by atoms with Gasteiger partial charge in [-0.15, -0.1) is 0 Å². The number of pyridine rings is 1. The van der Waals surface area contributed by atoms with Gasteiger partial charge < -0.3 is 9.55 Å². The third-order valence-corrected chi connectivity index (χ3v) is 3.98. The molecule has 4 aromatic heterocycles. The maximum absolute atomic E-state index is 11.5. The van der Waals surface area contributed by atoms with E-state index in [1.54, 1.807) is 17.0 Å². The van der Waals surface area contributed by atoms with E-state index in [0.29, 0.717) is 11.6 Å². The van der Waals surface area contributed by atoms with Crippen LogP contribution in [0.3, 0.4) is 0 Å². The first-order chi connectivity index (χ1) is 12.7. The summed E-state index contributed by atoms with van der Waals surface area (Å²) in [6, 6.07) is 3.84. The number of nitrogens with zero attached hydrogens (tertiary/aromatic N) is 5. The Bertz CT molecular complexity index is 1110. The number of carbonyl (C=O) groups excluding carboxylic acids is 1. The maximum atomic E-state index is 11.5. The van der Waals surface area contributed by atoms with E-state index < -0.39 is 0 Å². The zero-order chi connectivity index (χ0) is 18.1. The molecular weight excluding hydrogens is 330 g/mol. The van der Waals surface area contributed by atoms with Crippen molar-refractivity contribution in [3.63, 3.8) is 0 Å². The summed E-state index contributed by atoms with van der Waals surface area (Å²) in [5.41, 5.74) is 4.05. The van der Waals surface area contributed by atoms with Gasteiger partial charge in [-0.3, -0.25) is 10.1 Å². The Morgan fingerprint density at radius 1 is 1.35 bits per heavy atom. The molecule has 0 aliphatic carbocycles. The fourth-order valence-corrected chi connectivity index (χ4v) is 2.69. The number of aromatic nitrogens is 6. The Balaban J connectivity index is 1.77. The van der Waals surface area contributed by atoms with Gasteiger partial charge in [-0.2, -0.15) is 0 Å². The van der Waals surface area contributed by atoms with Gasteiger partial charge in [-0.25, -0.2) is 19.9 Å². The highest BCUT2D eigenvalue weighted by Gasteiger charge is 2.13. The molecule has 0 atom stereocenters. The summed E-state index contributed by atoms with van der Waals surface area (Å²) in [6.07, 6.45) is 9.86. The standard InChI is InChI=1S/C18H15N7O/c1-3-16(26)24-18-23-15(9-25(18)2)11-6-12-13(8-21-17(12)20-7-11)14-4-5-19-10-22-14/h3-10H,1H2,2H3,(H,20,21)(H,23,24,26). The molecule has 128 valence electrons. The lowest BCUT2D eigenvalue weighted by molar-refractivity contribution is -0.111. The molecule has 1 amide bonds. The zero-order valence-corrected chi connectivity index (χ0v) is 14.0. The van der Waals surface area contributed by atoms with Crippen LogP contribution in [-0.2, 0) is 11.8 Å². The molecule has 8 heteroatoms. The molecule has 2 N–H and O–H groups in total. The van der Waals surface area contributed by atoms with Crippen LogP contribution in [0.5, 0.6) is 0 Å². The van der Waals surface area contributed by atoms with Gasteiger partial charge in [-0.1, -0.05) is 6.58 Å². The molecule has 0 unspecified atom stereocenters. The minimum Gasteiger partial charge on any atom is -0.345 e. The minimum atomic E-state index is -0.310. The maximum Gasteiger partial charge on any atom is 0.250 e. The summed E-state index contributed by atoms with van der Waals surface area (Å²) in [5, 5.41) is 3.60. The zero-order valence-electron chi connectivity index (χ0n) is 14.0. The summed E-state index contributed by atoms with van der Waals surface area (Å²) in [6.45, 7) is 3.45. The van der Waals surface area contributed by atoms with Crippen LogP contribution in [-0.4, -0.2) is 35.4 Å². The van der Waals surface area contributed by atoms with Crippen molar-refractivity contribution < 1.29 is 4.79 Å². The van der Waals surface area contributed by atoms with Crippen LogP contribution >= 0.6 is 0 Å². The molecular formula is C18H15N7O. The molecule has 0 saturated heterocycles. The molecule has 0 radical (unpaired) electrons. The van der Waals surface area contributed by atoms with Crippen molar-refractivity contribution in [3.8, 4) is 22.5 Å². The van der Waals surface area contributed by atoms with E-state index in [-0.39, 0.29) is 5.91 Å². The SMILES string of the molecule is C=CC(=O)Nc1nc(-c2cnc3[nH]cc(-c4ccncn4)c3c2)cn1C. The second kappa shape index (κ2) is 6.25. The van der Waals surface area contributed by atoms with Crippen molar-refractivity contribution in [3.05, 3.63) is 55.9 Å². The molecule has 0 fully saturated rings. The fourth-order valence-electron chi connectivity index (χ4n) is 2.69. The predicted molar refractivity (Wildman–Crippen MR) is 98.1 cm³/mol. The van der Waals surface area contributed by atoms with Crippen molar-refractivity contribution in [1.29, 1.82) is 0 Å². The van der Waals surface area contributed by atoms with E-state index in [4.69, 9.17) is 0 Å². The van der Waals surface area contributed by atoms with Crippen LogP contribution in [0.2, 0.25) is 0 Å². The molecule has 0 bridgehead atoms. The Morgan fingerprint density at radius 2 is 2.23 bits per heavy atom. The molecule has 0 aromatic carbocycles. The third-order valence-electron chi connectivity index (χ3n) is 3.98. The Hall–Kier alpha value is -3.81. The average Bonchev–Trinajstić information content (AvgIpc) is 3.25. The molecule has 0 aliphatic heterocycles. The number of aryl methyl sites for hydroxylation is 1. The number of fused-ring (bicyclic) bond motifs is 1. The number of imidazole rings is 1. The van der Waals surface area contributed by atoms with E-state index >= 15 is 0 Å². The van der Waals surface area contributed by atoms with Crippen LogP contribution in [0.15, 0.2) is 55.9 Å². The number of aromatic amines is 1. The van der Waals surface area contributed by atoms with Crippen molar-refractivity contribution in [2.75, 3.05) is 5.32 Å². The largest absolute Gasteiger partial charge is 0.345 e. The summed E-state index contributed by atoms with van der Waals surface area (Å²) in [4.78, 5) is 31.8. The van der Waals surface area contributed by atoms with Crippen LogP contribution in [0, 0.1) is 0 Å². The third kappa shape index (κ3) is 2.73. The predicted octanol–water partition coefficient (Wildman–Crippen LogP) is 2.54. The Kier molecular flexibility index (Phi) is 3.77. The quantitative estimate of drug-likeness (QED) is 0.554. The normalized spacial score (nSPS) is 10.8. The summed E-state index contributed by atoms with van der Waals surface area (Å²) in [5.74, 6) is 0.130. The molecule has 26 heavy (non-hydrogen) atoms. The van der Waals surface area contributed by atoms with Gasteiger partial charge in [0.25, 0.3) is 0 Å². The lowest BCUT2D eigenvalue weighted by Crippen LogP contribution is -2.11. The molecule has 8 nitrogen and oxygen atoms in total. The molecule has 4 heterocycles. The molecule has 0 saturated carbocycles. The lowest BCUT2D eigenvalue weighted by atomic mass is 10.1. The highest BCUT2D eigenvalue weighted by Crippen LogP contribution is 2.29. The van der Waals surface area contributed by atoms with Gasteiger partial charge in [-0.05, 0) is 18.2 Å². The van der Waals surface area contributed by atoms with E-state index in [9.17, 15) is 4.79 Å². The Morgan fingerprint density at radius 3 is 3.00 bits per heavy atom. The lowest BCUT2D eigenvalue weighted by Gasteiger charge is -2.00. The van der Waals surface area contributed by atoms with Crippen LogP contribution in [0.1, 0.15) is 0 Å².